The Bertz CT molecular complexity index is 355. The summed E-state index contributed by atoms with van der Waals surface area (Å²) in [5, 5.41) is 9.45. The van der Waals surface area contributed by atoms with Crippen molar-refractivity contribution in [1.82, 2.24) is 0 Å². The second kappa shape index (κ2) is 4.32. The number of hydrogen-bond acceptors (Lipinski definition) is 2. The van der Waals surface area contributed by atoms with Gasteiger partial charge in [0.05, 0.1) is 17.9 Å². The first kappa shape index (κ1) is 11.2. The molecule has 2 unspecified atom stereocenters. The molecular weight excluding hydrogens is 204 g/mol. The maximum atomic E-state index is 11.5. The summed E-state index contributed by atoms with van der Waals surface area (Å²) in [5.74, 6) is -0.0762. The number of carboxylic acid groups (broad SMARTS) is 1. The summed E-state index contributed by atoms with van der Waals surface area (Å²) in [6, 6.07) is 1.87. The van der Waals surface area contributed by atoms with E-state index in [0.29, 0.717) is 12.3 Å². The van der Waals surface area contributed by atoms with Crippen LogP contribution in [-0.2, 0) is 11.2 Å². The predicted octanol–water partition coefficient (Wildman–Crippen LogP) is 3.10. The molecule has 2 atom stereocenters. The number of carbonyl (C=O) groups is 1. The van der Waals surface area contributed by atoms with Crippen LogP contribution in [0.25, 0.3) is 0 Å². The molecule has 0 spiro atoms. The second-order valence-corrected chi connectivity index (χ2v) is 4.91. The van der Waals surface area contributed by atoms with E-state index in [1.807, 2.05) is 6.07 Å². The molecule has 88 valence electrons. The van der Waals surface area contributed by atoms with E-state index < -0.39 is 11.4 Å². The number of aliphatic carboxylic acids is 1. The molecule has 3 heteroatoms. The molecular formula is C13H18O3. The van der Waals surface area contributed by atoms with E-state index in [0.717, 1.165) is 31.2 Å². The van der Waals surface area contributed by atoms with Crippen molar-refractivity contribution >= 4 is 5.97 Å². The Balaban J connectivity index is 2.14. The molecule has 0 bridgehead atoms. The van der Waals surface area contributed by atoms with Gasteiger partial charge in [0.15, 0.2) is 0 Å². The molecule has 1 saturated carbocycles. The Hall–Kier alpha value is -1.25. The Kier molecular flexibility index (Phi) is 3.03. The maximum Gasteiger partial charge on any atom is 0.309 e. The first-order valence-electron chi connectivity index (χ1n) is 5.91. The van der Waals surface area contributed by atoms with E-state index in [1.165, 1.54) is 0 Å². The monoisotopic (exact) mass is 222 g/mol. The van der Waals surface area contributed by atoms with Gasteiger partial charge in [0.1, 0.15) is 0 Å². The highest BCUT2D eigenvalue weighted by Gasteiger charge is 2.44. The summed E-state index contributed by atoms with van der Waals surface area (Å²) in [4.78, 5) is 11.5. The topological polar surface area (TPSA) is 50.4 Å². The fraction of sp³-hybridized carbons (Fsp3) is 0.615. The van der Waals surface area contributed by atoms with Crippen LogP contribution in [0.4, 0.5) is 0 Å². The summed E-state index contributed by atoms with van der Waals surface area (Å²) in [7, 11) is 0. The lowest BCUT2D eigenvalue weighted by molar-refractivity contribution is -0.148. The molecule has 0 aromatic carbocycles. The van der Waals surface area contributed by atoms with E-state index in [1.54, 1.807) is 12.5 Å². The van der Waals surface area contributed by atoms with Gasteiger partial charge in [0.2, 0.25) is 0 Å². The quantitative estimate of drug-likeness (QED) is 0.851. The van der Waals surface area contributed by atoms with Gasteiger partial charge in [-0.1, -0.05) is 13.3 Å². The second-order valence-electron chi connectivity index (χ2n) is 4.91. The third-order valence-corrected chi connectivity index (χ3v) is 3.86. The summed E-state index contributed by atoms with van der Waals surface area (Å²) < 4.78 is 5.01. The summed E-state index contributed by atoms with van der Waals surface area (Å²) >= 11 is 0. The largest absolute Gasteiger partial charge is 0.481 e. The van der Waals surface area contributed by atoms with Crippen LogP contribution in [0.15, 0.2) is 23.0 Å². The molecule has 0 radical (unpaired) electrons. The van der Waals surface area contributed by atoms with E-state index in [2.05, 4.69) is 6.92 Å². The molecule has 1 fully saturated rings. The van der Waals surface area contributed by atoms with Crippen LogP contribution in [0.1, 0.15) is 38.2 Å². The zero-order chi connectivity index (χ0) is 11.6. The van der Waals surface area contributed by atoms with Gasteiger partial charge in [-0.15, -0.1) is 0 Å². The highest BCUT2D eigenvalue weighted by atomic mass is 16.4. The van der Waals surface area contributed by atoms with Crippen molar-refractivity contribution in [3.63, 3.8) is 0 Å². The number of hydrogen-bond donors (Lipinski definition) is 1. The van der Waals surface area contributed by atoms with Crippen LogP contribution >= 0.6 is 0 Å². The van der Waals surface area contributed by atoms with Gasteiger partial charge in [-0.3, -0.25) is 4.79 Å². The lowest BCUT2D eigenvalue weighted by Crippen LogP contribution is -2.30. The smallest absolute Gasteiger partial charge is 0.309 e. The van der Waals surface area contributed by atoms with Crippen LogP contribution in [-0.4, -0.2) is 11.1 Å². The molecule has 0 amide bonds. The summed E-state index contributed by atoms with van der Waals surface area (Å²) in [5.41, 5.74) is 0.448. The minimum absolute atomic E-state index is 0.551. The van der Waals surface area contributed by atoms with Gasteiger partial charge < -0.3 is 9.52 Å². The molecule has 1 heterocycles. The van der Waals surface area contributed by atoms with Gasteiger partial charge in [0.25, 0.3) is 0 Å². The fourth-order valence-corrected chi connectivity index (χ4v) is 2.80. The highest BCUT2D eigenvalue weighted by molar-refractivity contribution is 5.75. The molecule has 1 aliphatic carbocycles. The predicted molar refractivity (Wildman–Crippen MR) is 60.1 cm³/mol. The Labute approximate surface area is 95.5 Å². The molecule has 0 saturated heterocycles. The average molecular weight is 222 g/mol. The summed E-state index contributed by atoms with van der Waals surface area (Å²) in [6.07, 6.45) is 7.60. The van der Waals surface area contributed by atoms with E-state index >= 15 is 0 Å². The number of furan rings is 1. The van der Waals surface area contributed by atoms with Crippen molar-refractivity contribution in [3.05, 3.63) is 24.2 Å². The third-order valence-electron chi connectivity index (χ3n) is 3.86. The van der Waals surface area contributed by atoms with Crippen molar-refractivity contribution in [2.45, 2.75) is 39.0 Å². The Morgan fingerprint density at radius 2 is 2.50 bits per heavy atom. The van der Waals surface area contributed by atoms with Crippen LogP contribution in [0.2, 0.25) is 0 Å². The van der Waals surface area contributed by atoms with Gasteiger partial charge >= 0.3 is 5.97 Å². The minimum Gasteiger partial charge on any atom is -0.481 e. The molecule has 1 aromatic heterocycles. The number of carboxylic acids is 1. The van der Waals surface area contributed by atoms with E-state index in [9.17, 15) is 9.90 Å². The Morgan fingerprint density at radius 3 is 3.00 bits per heavy atom. The van der Waals surface area contributed by atoms with Crippen molar-refractivity contribution in [2.24, 2.45) is 11.3 Å². The van der Waals surface area contributed by atoms with Crippen LogP contribution in [0, 0.1) is 11.3 Å². The minimum atomic E-state index is -0.648. The van der Waals surface area contributed by atoms with Crippen molar-refractivity contribution in [1.29, 1.82) is 0 Å². The molecule has 16 heavy (non-hydrogen) atoms. The van der Waals surface area contributed by atoms with Crippen molar-refractivity contribution < 1.29 is 14.3 Å². The normalized spacial score (nSPS) is 29.4. The average Bonchev–Trinajstić information content (AvgIpc) is 2.88. The van der Waals surface area contributed by atoms with Gasteiger partial charge in [-0.2, -0.15) is 0 Å². The SMILES string of the molecule is CCC1CCC(Cc2ccoc2)(C(=O)O)C1. The van der Waals surface area contributed by atoms with Gasteiger partial charge in [-0.05, 0) is 43.2 Å². The van der Waals surface area contributed by atoms with E-state index in [-0.39, 0.29) is 0 Å². The zero-order valence-corrected chi connectivity index (χ0v) is 9.61. The van der Waals surface area contributed by atoms with Crippen molar-refractivity contribution in [3.8, 4) is 0 Å². The lowest BCUT2D eigenvalue weighted by Gasteiger charge is -2.23. The third kappa shape index (κ3) is 1.99. The lowest BCUT2D eigenvalue weighted by atomic mass is 9.80. The standard InChI is InChI=1S/C13H18O3/c1-2-10-3-5-13(7-10,12(14)15)8-11-4-6-16-9-11/h4,6,9-10H,2-3,5,7-8H2,1H3,(H,14,15). The molecule has 1 aromatic rings. The molecule has 0 aliphatic heterocycles. The van der Waals surface area contributed by atoms with E-state index in [4.69, 9.17) is 4.42 Å². The maximum absolute atomic E-state index is 11.5. The van der Waals surface area contributed by atoms with Gasteiger partial charge in [-0.25, -0.2) is 0 Å². The number of rotatable bonds is 4. The zero-order valence-electron chi connectivity index (χ0n) is 9.61. The summed E-state index contributed by atoms with van der Waals surface area (Å²) in [6.45, 7) is 2.14. The molecule has 3 nitrogen and oxygen atoms in total. The van der Waals surface area contributed by atoms with Crippen molar-refractivity contribution in [2.75, 3.05) is 0 Å². The van der Waals surface area contributed by atoms with Crippen LogP contribution < -0.4 is 0 Å². The molecule has 2 rings (SSSR count). The fourth-order valence-electron chi connectivity index (χ4n) is 2.80. The van der Waals surface area contributed by atoms with Crippen LogP contribution in [0.3, 0.4) is 0 Å². The first-order valence-corrected chi connectivity index (χ1v) is 5.91. The first-order chi connectivity index (χ1) is 7.66. The van der Waals surface area contributed by atoms with Crippen LogP contribution in [0.5, 0.6) is 0 Å². The molecule has 1 N–H and O–H groups in total. The highest BCUT2D eigenvalue weighted by Crippen LogP contribution is 2.45. The molecule has 1 aliphatic rings. The van der Waals surface area contributed by atoms with Gasteiger partial charge in [0, 0.05) is 0 Å². The Morgan fingerprint density at radius 1 is 1.69 bits per heavy atom.